The van der Waals surface area contributed by atoms with E-state index in [9.17, 15) is 0 Å². The van der Waals surface area contributed by atoms with E-state index < -0.39 is 5.41 Å². The Balaban J connectivity index is 0.974. The third-order valence-electron chi connectivity index (χ3n) is 15.1. The first-order chi connectivity index (χ1) is 32.8. The van der Waals surface area contributed by atoms with Gasteiger partial charge in [0.25, 0.3) is 0 Å². The van der Waals surface area contributed by atoms with Crippen molar-refractivity contribution < 1.29 is 13.3 Å². The topological polar surface area (TPSA) is 39.4 Å². The fraction of sp³-hybridized carbons (Fsp3) is 0.0159. The van der Waals surface area contributed by atoms with Gasteiger partial charge < -0.3 is 13.3 Å². The van der Waals surface area contributed by atoms with Gasteiger partial charge >= 0.3 is 0 Å². The van der Waals surface area contributed by atoms with Crippen LogP contribution in [-0.2, 0) is 5.41 Å². The van der Waals surface area contributed by atoms with Crippen molar-refractivity contribution in [2.24, 2.45) is 0 Å². The molecule has 3 aromatic heterocycles. The lowest BCUT2D eigenvalue weighted by Crippen LogP contribution is -2.25. The zero-order valence-corrected chi connectivity index (χ0v) is 35.4. The van der Waals surface area contributed by atoms with Crippen molar-refractivity contribution in [1.82, 2.24) is 0 Å². The smallest absolute Gasteiger partial charge is 0.143 e. The van der Waals surface area contributed by atoms with E-state index in [1.165, 1.54) is 44.5 Å². The molecule has 0 saturated carbocycles. The molecule has 0 radical (unpaired) electrons. The van der Waals surface area contributed by atoms with E-state index in [1.54, 1.807) is 0 Å². The van der Waals surface area contributed by atoms with E-state index in [0.29, 0.717) is 0 Å². The summed E-state index contributed by atoms with van der Waals surface area (Å²) in [6.45, 7) is 0. The molecular formula is C63H34O3. The molecule has 0 atom stereocenters. The van der Waals surface area contributed by atoms with Crippen molar-refractivity contribution in [3.05, 3.63) is 229 Å². The molecule has 16 rings (SSSR count). The summed E-state index contributed by atoms with van der Waals surface area (Å²) in [6, 6.07) is 75.0. The van der Waals surface area contributed by atoms with Crippen LogP contribution in [0.25, 0.3) is 132 Å². The highest BCUT2D eigenvalue weighted by molar-refractivity contribution is 6.30. The molecule has 0 saturated heterocycles. The van der Waals surface area contributed by atoms with Gasteiger partial charge in [0.1, 0.15) is 33.5 Å². The van der Waals surface area contributed by atoms with Gasteiger partial charge in [-0.2, -0.15) is 0 Å². The lowest BCUT2D eigenvalue weighted by Gasteiger charge is -2.30. The predicted molar refractivity (Wildman–Crippen MR) is 270 cm³/mol. The highest BCUT2D eigenvalue weighted by atomic mass is 16.3. The minimum atomic E-state index is -0.433. The molecule has 0 bridgehead atoms. The molecule has 2 aliphatic rings. The van der Waals surface area contributed by atoms with Crippen LogP contribution < -0.4 is 0 Å². The molecule has 0 unspecified atom stereocenters. The molecule has 0 aliphatic heterocycles. The first-order valence-corrected chi connectivity index (χ1v) is 22.7. The number of rotatable bonds is 2. The molecule has 0 amide bonds. The van der Waals surface area contributed by atoms with Crippen LogP contribution in [0.15, 0.2) is 220 Å². The molecule has 1 spiro atoms. The SMILES string of the molecule is c1ccc2c(c1)-c1ccccc1C21c2ccccc2-c2c1ccc1oc3c(-c4c5ccccc5c(-c5cccc6c5oc5ccc7oc8ccccc8c7c56)c5ccccc45)cccc3c21. The fourth-order valence-electron chi connectivity index (χ4n) is 12.7. The van der Waals surface area contributed by atoms with Gasteiger partial charge in [0, 0.05) is 54.6 Å². The number of benzene rings is 11. The maximum absolute atomic E-state index is 7.21. The first-order valence-electron chi connectivity index (χ1n) is 22.7. The Bertz CT molecular complexity index is 4370. The van der Waals surface area contributed by atoms with E-state index in [2.05, 4.69) is 188 Å². The second-order valence-electron chi connectivity index (χ2n) is 18.1. The first kappa shape index (κ1) is 34.8. The van der Waals surface area contributed by atoms with Crippen LogP contribution >= 0.6 is 0 Å². The number of furan rings is 3. The summed E-state index contributed by atoms with van der Waals surface area (Å²) in [5.74, 6) is 0. The summed E-state index contributed by atoms with van der Waals surface area (Å²) in [5.41, 5.74) is 19.7. The maximum atomic E-state index is 7.21. The van der Waals surface area contributed by atoms with Crippen LogP contribution in [0.2, 0.25) is 0 Å². The molecule has 2 aliphatic carbocycles. The van der Waals surface area contributed by atoms with Crippen molar-refractivity contribution in [1.29, 1.82) is 0 Å². The monoisotopic (exact) mass is 838 g/mol. The third kappa shape index (κ3) is 4.11. The third-order valence-corrected chi connectivity index (χ3v) is 15.1. The van der Waals surface area contributed by atoms with E-state index in [1.807, 2.05) is 18.2 Å². The van der Waals surface area contributed by atoms with Crippen LogP contribution in [0.5, 0.6) is 0 Å². The quantitative estimate of drug-likeness (QED) is 0.163. The van der Waals surface area contributed by atoms with Gasteiger partial charge in [-0.15, -0.1) is 0 Å². The lowest BCUT2D eigenvalue weighted by atomic mass is 9.70. The van der Waals surface area contributed by atoms with Gasteiger partial charge in [0.05, 0.1) is 5.41 Å². The Hall–Kier alpha value is -8.66. The van der Waals surface area contributed by atoms with Gasteiger partial charge in [0.2, 0.25) is 0 Å². The molecule has 304 valence electrons. The molecule has 3 heterocycles. The number of para-hydroxylation sites is 3. The second kappa shape index (κ2) is 12.3. The van der Waals surface area contributed by atoms with Crippen LogP contribution in [0.1, 0.15) is 22.3 Å². The molecular weight excluding hydrogens is 805 g/mol. The van der Waals surface area contributed by atoms with E-state index in [-0.39, 0.29) is 0 Å². The Kier molecular flexibility index (Phi) is 6.49. The van der Waals surface area contributed by atoms with Crippen molar-refractivity contribution in [2.45, 2.75) is 5.41 Å². The van der Waals surface area contributed by atoms with E-state index in [4.69, 9.17) is 13.3 Å². The number of fused-ring (bicyclic) bond motifs is 23. The summed E-state index contributed by atoms with van der Waals surface area (Å²) in [7, 11) is 0. The summed E-state index contributed by atoms with van der Waals surface area (Å²) < 4.78 is 20.5. The average molecular weight is 839 g/mol. The Morgan fingerprint density at radius 3 is 1.21 bits per heavy atom. The minimum Gasteiger partial charge on any atom is -0.456 e. The number of hydrogen-bond donors (Lipinski definition) is 0. The summed E-state index contributed by atoms with van der Waals surface area (Å²) in [4.78, 5) is 0. The molecule has 66 heavy (non-hydrogen) atoms. The summed E-state index contributed by atoms with van der Waals surface area (Å²) >= 11 is 0. The van der Waals surface area contributed by atoms with Crippen molar-refractivity contribution in [2.75, 3.05) is 0 Å². The Morgan fingerprint density at radius 2 is 0.621 bits per heavy atom. The highest BCUT2D eigenvalue weighted by Gasteiger charge is 2.52. The van der Waals surface area contributed by atoms with Gasteiger partial charge in [-0.1, -0.05) is 182 Å². The lowest BCUT2D eigenvalue weighted by molar-refractivity contribution is 0.663. The molecule has 3 heteroatoms. The Labute approximate surface area is 377 Å². The predicted octanol–water partition coefficient (Wildman–Crippen LogP) is 17.4. The zero-order chi connectivity index (χ0) is 42.8. The Morgan fingerprint density at radius 1 is 0.227 bits per heavy atom. The highest BCUT2D eigenvalue weighted by Crippen LogP contribution is 2.64. The van der Waals surface area contributed by atoms with Crippen molar-refractivity contribution in [3.8, 4) is 44.5 Å². The van der Waals surface area contributed by atoms with Crippen LogP contribution in [0, 0.1) is 0 Å². The second-order valence-corrected chi connectivity index (χ2v) is 18.1. The fourth-order valence-corrected chi connectivity index (χ4v) is 12.7. The van der Waals surface area contributed by atoms with Gasteiger partial charge in [-0.3, -0.25) is 0 Å². The summed E-state index contributed by atoms with van der Waals surface area (Å²) in [6.07, 6.45) is 0. The van der Waals surface area contributed by atoms with Gasteiger partial charge in [-0.25, -0.2) is 0 Å². The van der Waals surface area contributed by atoms with Crippen molar-refractivity contribution in [3.63, 3.8) is 0 Å². The molecule has 11 aromatic carbocycles. The van der Waals surface area contributed by atoms with Crippen LogP contribution in [-0.4, -0.2) is 0 Å². The standard InChI is InChI=1S/C63H34O3/c1-3-19-39-37(17-1)55(38-18-2-4-20-40(38)56(39)44-24-14-26-46-60-54(66-62(44)46)34-33-52-58(60)42-22-8-12-30-51(42)64-52)43-23-13-25-45-59-53(65-61(43)45)32-31-50-57(59)41-21-7-11-29-49(41)63(50)47-27-9-5-15-35(47)36-16-6-10-28-48(36)63/h1-34H. The molecule has 0 fully saturated rings. The van der Waals surface area contributed by atoms with Crippen LogP contribution in [0.3, 0.4) is 0 Å². The minimum absolute atomic E-state index is 0.433. The average Bonchev–Trinajstić information content (AvgIpc) is 4.18. The van der Waals surface area contributed by atoms with E-state index >= 15 is 0 Å². The molecule has 14 aromatic rings. The number of hydrogen-bond acceptors (Lipinski definition) is 3. The van der Waals surface area contributed by atoms with Gasteiger partial charge in [0.15, 0.2) is 0 Å². The summed E-state index contributed by atoms with van der Waals surface area (Å²) in [5, 5.41) is 11.2. The van der Waals surface area contributed by atoms with Crippen molar-refractivity contribution >= 4 is 87.4 Å². The maximum Gasteiger partial charge on any atom is 0.143 e. The molecule has 0 N–H and O–H groups in total. The normalized spacial score (nSPS) is 13.6. The van der Waals surface area contributed by atoms with Crippen LogP contribution in [0.4, 0.5) is 0 Å². The van der Waals surface area contributed by atoms with E-state index in [0.717, 1.165) is 110 Å². The zero-order valence-electron chi connectivity index (χ0n) is 35.4. The van der Waals surface area contributed by atoms with Gasteiger partial charge in [-0.05, 0) is 90.3 Å². The molecule has 3 nitrogen and oxygen atoms in total. The largest absolute Gasteiger partial charge is 0.456 e.